The Morgan fingerprint density at radius 2 is 1.55 bits per heavy atom. The maximum Gasteiger partial charge on any atom is 0.255 e. The fourth-order valence-corrected chi connectivity index (χ4v) is 4.32. The number of carbonyl (C=O) groups excluding carboxylic acids is 2. The number of nitrogens with one attached hydrogen (secondary N) is 2. The van der Waals surface area contributed by atoms with Crippen molar-refractivity contribution in [1.82, 2.24) is 5.32 Å². The molecule has 0 atom stereocenters. The topological polar surface area (TPSA) is 61.4 Å². The summed E-state index contributed by atoms with van der Waals surface area (Å²) in [4.78, 5) is 28.0. The molecule has 8 heteroatoms. The smallest absolute Gasteiger partial charge is 0.255 e. The van der Waals surface area contributed by atoms with Gasteiger partial charge in [0.05, 0.1) is 5.56 Å². The summed E-state index contributed by atoms with van der Waals surface area (Å²) in [5.74, 6) is -0.986. The molecule has 0 radical (unpaired) electrons. The zero-order valence-corrected chi connectivity index (χ0v) is 19.2. The summed E-state index contributed by atoms with van der Waals surface area (Å²) in [6.07, 6.45) is 2.12. The van der Waals surface area contributed by atoms with Crippen LogP contribution in [-0.2, 0) is 6.54 Å². The highest BCUT2D eigenvalue weighted by Gasteiger charge is 2.21. The average Bonchev–Trinajstić information content (AvgIpc) is 3.32. The van der Waals surface area contributed by atoms with E-state index < -0.39 is 0 Å². The van der Waals surface area contributed by atoms with E-state index in [1.165, 1.54) is 24.3 Å². The summed E-state index contributed by atoms with van der Waals surface area (Å²) in [6.45, 7) is 1.99. The van der Waals surface area contributed by atoms with Crippen LogP contribution in [0.1, 0.15) is 39.1 Å². The summed E-state index contributed by atoms with van der Waals surface area (Å²) in [5, 5.41) is 6.42. The molecule has 2 amide bonds. The first-order valence-corrected chi connectivity index (χ1v) is 11.3. The maximum absolute atomic E-state index is 13.1. The lowest BCUT2D eigenvalue weighted by Gasteiger charge is -2.22. The molecule has 0 spiro atoms. The highest BCUT2D eigenvalue weighted by atomic mass is 35.5. The fourth-order valence-electron chi connectivity index (χ4n) is 3.80. The highest BCUT2D eigenvalue weighted by molar-refractivity contribution is 6.35. The van der Waals surface area contributed by atoms with Gasteiger partial charge in [0, 0.05) is 46.6 Å². The average molecular weight is 486 g/mol. The number of nitrogens with zero attached hydrogens (tertiary/aromatic N) is 1. The molecule has 1 aliphatic heterocycles. The fraction of sp³-hybridized carbons (Fsp3) is 0.200. The van der Waals surface area contributed by atoms with Crippen LogP contribution < -0.4 is 15.5 Å². The van der Waals surface area contributed by atoms with Gasteiger partial charge in [-0.05, 0) is 66.9 Å². The minimum atomic E-state index is -0.383. The van der Waals surface area contributed by atoms with Crippen molar-refractivity contribution in [3.8, 4) is 0 Å². The molecule has 0 aromatic heterocycles. The normalized spacial score (nSPS) is 13.1. The zero-order chi connectivity index (χ0) is 23.4. The van der Waals surface area contributed by atoms with Gasteiger partial charge in [-0.2, -0.15) is 0 Å². The van der Waals surface area contributed by atoms with Crippen molar-refractivity contribution in [2.24, 2.45) is 0 Å². The Hall–Kier alpha value is -3.09. The van der Waals surface area contributed by atoms with Crippen molar-refractivity contribution >= 4 is 46.4 Å². The molecule has 0 saturated carbocycles. The molecule has 33 heavy (non-hydrogen) atoms. The summed E-state index contributed by atoms with van der Waals surface area (Å²) >= 11 is 12.0. The second-order valence-corrected chi connectivity index (χ2v) is 8.72. The molecule has 0 bridgehead atoms. The first kappa shape index (κ1) is 23.1. The largest absolute Gasteiger partial charge is 0.371 e. The van der Waals surface area contributed by atoms with Gasteiger partial charge in [-0.1, -0.05) is 35.3 Å². The maximum atomic E-state index is 13.1. The van der Waals surface area contributed by atoms with E-state index >= 15 is 0 Å². The Kier molecular flexibility index (Phi) is 7.16. The van der Waals surface area contributed by atoms with Gasteiger partial charge >= 0.3 is 0 Å². The Morgan fingerprint density at radius 3 is 2.21 bits per heavy atom. The van der Waals surface area contributed by atoms with Gasteiger partial charge < -0.3 is 15.5 Å². The van der Waals surface area contributed by atoms with Crippen LogP contribution >= 0.6 is 23.2 Å². The SMILES string of the molecule is O=C(Nc1ccc(N2CCCC2)c(C(=O)NCc2ccc(F)cc2)c1)c1cc(Cl)cc(Cl)c1. The number of halogens is 3. The molecule has 1 fully saturated rings. The molecule has 0 aliphatic carbocycles. The number of hydrogen-bond acceptors (Lipinski definition) is 3. The Morgan fingerprint density at radius 1 is 0.879 bits per heavy atom. The van der Waals surface area contributed by atoms with Crippen LogP contribution in [0.15, 0.2) is 60.7 Å². The standard InChI is InChI=1S/C25H22Cl2FN3O2/c26-18-11-17(12-19(27)13-18)24(32)30-21-7-8-23(31-9-1-2-10-31)22(14-21)25(33)29-15-16-3-5-20(28)6-4-16/h3-8,11-14H,1-2,9-10,15H2,(H,29,33)(H,30,32). The summed E-state index contributed by atoms with van der Waals surface area (Å²) < 4.78 is 13.1. The third-order valence-corrected chi connectivity index (χ3v) is 5.87. The minimum Gasteiger partial charge on any atom is -0.371 e. The van der Waals surface area contributed by atoms with Crippen molar-refractivity contribution in [2.45, 2.75) is 19.4 Å². The second kappa shape index (κ2) is 10.2. The van der Waals surface area contributed by atoms with Crippen molar-refractivity contribution < 1.29 is 14.0 Å². The van der Waals surface area contributed by atoms with Crippen LogP contribution in [0.5, 0.6) is 0 Å². The van der Waals surface area contributed by atoms with Gasteiger partial charge in [0.25, 0.3) is 11.8 Å². The number of anilines is 2. The molecule has 0 unspecified atom stereocenters. The molecule has 2 N–H and O–H groups in total. The quantitative estimate of drug-likeness (QED) is 0.455. The molecule has 170 valence electrons. The molecule has 4 rings (SSSR count). The second-order valence-electron chi connectivity index (χ2n) is 7.85. The Bertz CT molecular complexity index is 1160. The number of amides is 2. The predicted molar refractivity (Wildman–Crippen MR) is 130 cm³/mol. The molecule has 1 heterocycles. The van der Waals surface area contributed by atoms with Crippen LogP contribution in [0.25, 0.3) is 0 Å². The molecule has 1 aliphatic rings. The molecular weight excluding hydrogens is 464 g/mol. The van der Waals surface area contributed by atoms with E-state index in [-0.39, 0.29) is 24.2 Å². The molecule has 5 nitrogen and oxygen atoms in total. The van der Waals surface area contributed by atoms with Gasteiger partial charge in [-0.3, -0.25) is 9.59 Å². The van der Waals surface area contributed by atoms with Gasteiger partial charge in [-0.15, -0.1) is 0 Å². The van der Waals surface area contributed by atoms with Gasteiger partial charge in [0.15, 0.2) is 0 Å². The van der Waals surface area contributed by atoms with E-state index in [0.29, 0.717) is 26.9 Å². The summed E-state index contributed by atoms with van der Waals surface area (Å²) in [5.41, 5.74) is 2.85. The van der Waals surface area contributed by atoms with E-state index in [1.807, 2.05) is 6.07 Å². The third kappa shape index (κ3) is 5.83. The van der Waals surface area contributed by atoms with Crippen LogP contribution in [0.3, 0.4) is 0 Å². The van der Waals surface area contributed by atoms with E-state index in [0.717, 1.165) is 37.2 Å². The zero-order valence-electron chi connectivity index (χ0n) is 17.7. The first-order chi connectivity index (χ1) is 15.9. The van der Waals surface area contributed by atoms with Crippen molar-refractivity contribution in [3.63, 3.8) is 0 Å². The van der Waals surface area contributed by atoms with E-state index in [4.69, 9.17) is 23.2 Å². The highest BCUT2D eigenvalue weighted by Crippen LogP contribution is 2.28. The minimum absolute atomic E-state index is 0.260. The van der Waals surface area contributed by atoms with Gasteiger partial charge in [0.1, 0.15) is 5.82 Å². The number of hydrogen-bond donors (Lipinski definition) is 2. The number of carbonyl (C=O) groups is 2. The van der Waals surface area contributed by atoms with Crippen LogP contribution in [0.4, 0.5) is 15.8 Å². The summed E-state index contributed by atoms with van der Waals surface area (Å²) in [7, 11) is 0. The van der Waals surface area contributed by atoms with Crippen molar-refractivity contribution in [2.75, 3.05) is 23.3 Å². The van der Waals surface area contributed by atoms with Crippen LogP contribution in [0.2, 0.25) is 10.0 Å². The lowest BCUT2D eigenvalue weighted by atomic mass is 10.1. The van der Waals surface area contributed by atoms with E-state index in [1.54, 1.807) is 30.3 Å². The lowest BCUT2D eigenvalue weighted by Crippen LogP contribution is -2.27. The lowest BCUT2D eigenvalue weighted by molar-refractivity contribution is 0.0950. The summed E-state index contributed by atoms with van der Waals surface area (Å²) in [6, 6.07) is 15.9. The van der Waals surface area contributed by atoms with Crippen LogP contribution in [-0.4, -0.2) is 24.9 Å². The van der Waals surface area contributed by atoms with E-state index in [2.05, 4.69) is 15.5 Å². The molecule has 3 aromatic carbocycles. The third-order valence-electron chi connectivity index (χ3n) is 5.44. The Labute approximate surface area is 201 Å². The van der Waals surface area contributed by atoms with Gasteiger partial charge in [0.2, 0.25) is 0 Å². The molecule has 1 saturated heterocycles. The monoisotopic (exact) mass is 485 g/mol. The van der Waals surface area contributed by atoms with Gasteiger partial charge in [-0.25, -0.2) is 4.39 Å². The van der Waals surface area contributed by atoms with Crippen molar-refractivity contribution in [3.05, 3.63) is 93.2 Å². The van der Waals surface area contributed by atoms with Crippen LogP contribution in [0, 0.1) is 5.82 Å². The first-order valence-electron chi connectivity index (χ1n) is 10.6. The van der Waals surface area contributed by atoms with Crippen molar-refractivity contribution in [1.29, 1.82) is 0 Å². The number of benzene rings is 3. The molecule has 3 aromatic rings. The number of rotatable bonds is 6. The predicted octanol–water partition coefficient (Wildman–Crippen LogP) is 5.92. The van der Waals surface area contributed by atoms with E-state index in [9.17, 15) is 14.0 Å². The molecular formula is C25H22Cl2FN3O2. The Balaban J connectivity index is 1.56.